The molecule has 0 spiro atoms. The van der Waals surface area contributed by atoms with E-state index in [9.17, 15) is 13.2 Å². The first-order valence-electron chi connectivity index (χ1n) is 8.90. The Labute approximate surface area is 149 Å². The van der Waals surface area contributed by atoms with E-state index in [1.54, 1.807) is 6.92 Å². The van der Waals surface area contributed by atoms with Gasteiger partial charge in [0, 0.05) is 39.4 Å². The molecule has 2 heterocycles. The normalized spacial score (nSPS) is 21.9. The van der Waals surface area contributed by atoms with E-state index in [-0.39, 0.29) is 11.7 Å². The molecule has 25 heavy (non-hydrogen) atoms. The minimum atomic E-state index is -3.19. The van der Waals surface area contributed by atoms with Gasteiger partial charge in [-0.2, -0.15) is 4.31 Å². The third-order valence-electron chi connectivity index (χ3n) is 5.37. The predicted octanol–water partition coefficient (Wildman–Crippen LogP) is 1.23. The first-order chi connectivity index (χ1) is 12.0. The van der Waals surface area contributed by atoms with Gasteiger partial charge in [0.25, 0.3) is 0 Å². The van der Waals surface area contributed by atoms with Crippen LogP contribution in [0.5, 0.6) is 0 Å². The summed E-state index contributed by atoms with van der Waals surface area (Å²) < 4.78 is 31.0. The molecule has 2 aliphatic heterocycles. The third-order valence-corrected chi connectivity index (χ3v) is 7.25. The molecule has 3 rings (SSSR count). The number of piperazine rings is 1. The van der Waals surface area contributed by atoms with Crippen molar-refractivity contribution in [1.82, 2.24) is 9.21 Å². The van der Waals surface area contributed by atoms with Crippen LogP contribution in [-0.2, 0) is 25.0 Å². The summed E-state index contributed by atoms with van der Waals surface area (Å²) >= 11 is 0. The number of rotatable bonds is 4. The van der Waals surface area contributed by atoms with Gasteiger partial charge in [0.05, 0.1) is 11.2 Å². The van der Waals surface area contributed by atoms with Crippen LogP contribution < -0.4 is 0 Å². The van der Waals surface area contributed by atoms with Crippen molar-refractivity contribution < 1.29 is 17.9 Å². The number of hydrogen-bond acceptors (Lipinski definition) is 4. The maximum Gasteiger partial charge on any atom is 0.233 e. The number of hydrogen-bond donors (Lipinski definition) is 0. The first kappa shape index (κ1) is 18.4. The van der Waals surface area contributed by atoms with Gasteiger partial charge in [-0.1, -0.05) is 30.3 Å². The van der Waals surface area contributed by atoms with Crippen molar-refractivity contribution >= 4 is 15.9 Å². The molecule has 0 radical (unpaired) electrons. The summed E-state index contributed by atoms with van der Waals surface area (Å²) in [6, 6.07) is 9.91. The number of nitrogens with zero attached hydrogens (tertiary/aromatic N) is 2. The molecule has 0 aromatic heterocycles. The van der Waals surface area contributed by atoms with Gasteiger partial charge in [0.1, 0.15) is 0 Å². The van der Waals surface area contributed by atoms with E-state index in [4.69, 9.17) is 4.74 Å². The zero-order chi connectivity index (χ0) is 17.9. The summed E-state index contributed by atoms with van der Waals surface area (Å²) in [4.78, 5) is 15.2. The summed E-state index contributed by atoms with van der Waals surface area (Å²) in [5, 5.41) is 0. The van der Waals surface area contributed by atoms with Crippen molar-refractivity contribution in [1.29, 1.82) is 0 Å². The number of carbonyl (C=O) groups excluding carboxylic acids is 1. The second-order valence-electron chi connectivity index (χ2n) is 6.65. The van der Waals surface area contributed by atoms with Gasteiger partial charge in [0.2, 0.25) is 15.9 Å². The number of ether oxygens (including phenoxy) is 1. The first-order valence-corrected chi connectivity index (χ1v) is 10.5. The maximum absolute atomic E-state index is 13.4. The van der Waals surface area contributed by atoms with Gasteiger partial charge in [-0.15, -0.1) is 0 Å². The molecule has 138 valence electrons. The van der Waals surface area contributed by atoms with Crippen LogP contribution in [0.2, 0.25) is 0 Å². The van der Waals surface area contributed by atoms with Crippen LogP contribution in [0, 0.1) is 0 Å². The lowest BCUT2D eigenvalue weighted by molar-refractivity contribution is -0.142. The van der Waals surface area contributed by atoms with Crippen LogP contribution in [-0.4, -0.2) is 68.7 Å². The molecule has 2 saturated heterocycles. The van der Waals surface area contributed by atoms with Crippen molar-refractivity contribution in [2.45, 2.75) is 25.2 Å². The standard InChI is InChI=1S/C18H26N2O4S/c1-2-25(22,23)20-12-10-19(11-13-20)17(21)18(8-14-24-15-9-18)16-6-4-3-5-7-16/h3-7H,2,8-15H2,1H3. The summed E-state index contributed by atoms with van der Waals surface area (Å²) in [5.41, 5.74) is 0.484. The van der Waals surface area contributed by atoms with E-state index in [1.807, 2.05) is 35.2 Å². The number of sulfonamides is 1. The molecule has 0 aliphatic carbocycles. The van der Waals surface area contributed by atoms with Crippen LogP contribution in [0.1, 0.15) is 25.3 Å². The van der Waals surface area contributed by atoms with Crippen molar-refractivity contribution in [2.75, 3.05) is 45.1 Å². The van der Waals surface area contributed by atoms with E-state index in [2.05, 4.69) is 0 Å². The SMILES string of the molecule is CCS(=O)(=O)N1CCN(C(=O)C2(c3ccccc3)CCOCC2)CC1. The summed E-state index contributed by atoms with van der Waals surface area (Å²) in [6.45, 7) is 4.46. The van der Waals surface area contributed by atoms with Gasteiger partial charge in [-0.3, -0.25) is 4.79 Å². The Hall–Kier alpha value is -1.44. The summed E-state index contributed by atoms with van der Waals surface area (Å²) in [7, 11) is -3.19. The van der Waals surface area contributed by atoms with Crippen molar-refractivity contribution in [3.8, 4) is 0 Å². The highest BCUT2D eigenvalue weighted by molar-refractivity contribution is 7.89. The van der Waals surface area contributed by atoms with Crippen LogP contribution >= 0.6 is 0 Å². The predicted molar refractivity (Wildman–Crippen MR) is 95.8 cm³/mol. The monoisotopic (exact) mass is 366 g/mol. The zero-order valence-corrected chi connectivity index (χ0v) is 15.5. The zero-order valence-electron chi connectivity index (χ0n) is 14.7. The van der Waals surface area contributed by atoms with Crippen LogP contribution in [0.25, 0.3) is 0 Å². The lowest BCUT2D eigenvalue weighted by atomic mass is 9.73. The molecule has 7 heteroatoms. The molecule has 2 aliphatic rings. The van der Waals surface area contributed by atoms with Crippen molar-refractivity contribution in [3.05, 3.63) is 35.9 Å². The van der Waals surface area contributed by atoms with Gasteiger partial charge < -0.3 is 9.64 Å². The Balaban J connectivity index is 1.78. The molecule has 0 N–H and O–H groups in total. The topological polar surface area (TPSA) is 66.9 Å². The second-order valence-corrected chi connectivity index (χ2v) is 8.91. The van der Waals surface area contributed by atoms with Crippen molar-refractivity contribution in [3.63, 3.8) is 0 Å². The molecule has 0 atom stereocenters. The van der Waals surface area contributed by atoms with Crippen LogP contribution in [0.15, 0.2) is 30.3 Å². The fourth-order valence-electron chi connectivity index (χ4n) is 3.76. The van der Waals surface area contributed by atoms with Gasteiger partial charge in [-0.05, 0) is 25.3 Å². The van der Waals surface area contributed by atoms with Gasteiger partial charge in [0.15, 0.2) is 0 Å². The number of amides is 1. The molecule has 0 saturated carbocycles. The Kier molecular flexibility index (Phi) is 5.46. The second kappa shape index (κ2) is 7.43. The maximum atomic E-state index is 13.4. The molecule has 2 fully saturated rings. The fraction of sp³-hybridized carbons (Fsp3) is 0.611. The molecule has 6 nitrogen and oxygen atoms in total. The molecular formula is C18H26N2O4S. The minimum Gasteiger partial charge on any atom is -0.381 e. The summed E-state index contributed by atoms with van der Waals surface area (Å²) in [5.74, 6) is 0.210. The lowest BCUT2D eigenvalue weighted by Gasteiger charge is -2.42. The lowest BCUT2D eigenvalue weighted by Crippen LogP contribution is -2.56. The van der Waals surface area contributed by atoms with Gasteiger partial charge >= 0.3 is 0 Å². The average molecular weight is 366 g/mol. The smallest absolute Gasteiger partial charge is 0.233 e. The fourth-order valence-corrected chi connectivity index (χ4v) is 4.84. The number of carbonyl (C=O) groups is 1. The average Bonchev–Trinajstić information content (AvgIpc) is 2.68. The van der Waals surface area contributed by atoms with E-state index in [1.165, 1.54) is 4.31 Å². The molecule has 0 bridgehead atoms. The Morgan fingerprint density at radius 3 is 2.24 bits per heavy atom. The van der Waals surface area contributed by atoms with Crippen molar-refractivity contribution in [2.24, 2.45) is 0 Å². The van der Waals surface area contributed by atoms with E-state index in [0.29, 0.717) is 52.2 Å². The molecule has 1 amide bonds. The highest BCUT2D eigenvalue weighted by Crippen LogP contribution is 2.37. The van der Waals surface area contributed by atoms with E-state index in [0.717, 1.165) is 5.56 Å². The third kappa shape index (κ3) is 3.59. The quantitative estimate of drug-likeness (QED) is 0.804. The number of benzene rings is 1. The van der Waals surface area contributed by atoms with E-state index < -0.39 is 15.4 Å². The largest absolute Gasteiger partial charge is 0.381 e. The van der Waals surface area contributed by atoms with E-state index >= 15 is 0 Å². The van der Waals surface area contributed by atoms with Gasteiger partial charge in [-0.25, -0.2) is 8.42 Å². The molecule has 1 aromatic rings. The highest BCUT2D eigenvalue weighted by Gasteiger charge is 2.44. The highest BCUT2D eigenvalue weighted by atomic mass is 32.2. The summed E-state index contributed by atoms with van der Waals surface area (Å²) in [6.07, 6.45) is 1.34. The van der Waals surface area contributed by atoms with Crippen LogP contribution in [0.3, 0.4) is 0 Å². The minimum absolute atomic E-state index is 0.103. The molecule has 1 aromatic carbocycles. The molecular weight excluding hydrogens is 340 g/mol. The van der Waals surface area contributed by atoms with Crippen LogP contribution in [0.4, 0.5) is 0 Å². The Morgan fingerprint density at radius 1 is 1.08 bits per heavy atom. The Bertz CT molecular complexity index is 691. The Morgan fingerprint density at radius 2 is 1.68 bits per heavy atom. The molecule has 0 unspecified atom stereocenters.